The minimum Gasteiger partial charge on any atom is -0.494 e. The number of rotatable bonds is 11. The van der Waals surface area contributed by atoms with E-state index in [4.69, 9.17) is 9.47 Å². The topological polar surface area (TPSA) is 87.2 Å². The highest BCUT2D eigenvalue weighted by molar-refractivity contribution is 5.78. The van der Waals surface area contributed by atoms with Gasteiger partial charge in [0.1, 0.15) is 23.9 Å². The summed E-state index contributed by atoms with van der Waals surface area (Å²) in [5.41, 5.74) is 2.55. The molecular formula is C28H33FN4O4. The standard InChI is InChI=1S/C28H33FN4O4/c1-2-36-27-6-4-3-5-22(27)20-31-28(34)17-23-8-7-21(19-30-23)25-10-9-24(18-26(25)29)37-16-15-32-11-13-33(35)14-12-32/h3-10,18-19,35H,2,11-17,20H2,1H3,(H,31,34). The average molecular weight is 509 g/mol. The lowest BCUT2D eigenvalue weighted by Crippen LogP contribution is -2.45. The second-order valence-electron chi connectivity index (χ2n) is 8.82. The summed E-state index contributed by atoms with van der Waals surface area (Å²) in [6, 6.07) is 15.9. The van der Waals surface area contributed by atoms with Crippen molar-refractivity contribution in [1.29, 1.82) is 0 Å². The van der Waals surface area contributed by atoms with E-state index in [2.05, 4.69) is 15.2 Å². The van der Waals surface area contributed by atoms with Gasteiger partial charge in [-0.15, -0.1) is 0 Å². The molecule has 1 aromatic heterocycles. The number of hydrogen-bond acceptors (Lipinski definition) is 7. The Morgan fingerprint density at radius 1 is 1.08 bits per heavy atom. The number of aromatic nitrogens is 1. The number of nitrogens with zero attached hydrogens (tertiary/aromatic N) is 3. The van der Waals surface area contributed by atoms with Gasteiger partial charge in [0.05, 0.1) is 13.0 Å². The molecule has 1 aliphatic heterocycles. The van der Waals surface area contributed by atoms with Crippen LogP contribution in [0.1, 0.15) is 18.2 Å². The van der Waals surface area contributed by atoms with Crippen molar-refractivity contribution in [1.82, 2.24) is 20.3 Å². The lowest BCUT2D eigenvalue weighted by molar-refractivity contribution is -0.120. The molecule has 0 radical (unpaired) electrons. The van der Waals surface area contributed by atoms with E-state index in [1.165, 1.54) is 11.1 Å². The Bertz CT molecular complexity index is 1170. The van der Waals surface area contributed by atoms with Gasteiger partial charge >= 0.3 is 0 Å². The number of halogens is 1. The van der Waals surface area contributed by atoms with Crippen molar-refractivity contribution in [3.8, 4) is 22.6 Å². The van der Waals surface area contributed by atoms with E-state index in [1.807, 2.05) is 31.2 Å². The van der Waals surface area contributed by atoms with Gasteiger partial charge in [-0.3, -0.25) is 14.7 Å². The van der Waals surface area contributed by atoms with E-state index in [0.717, 1.165) is 30.9 Å². The third kappa shape index (κ3) is 7.72. The monoisotopic (exact) mass is 508 g/mol. The number of amides is 1. The smallest absolute Gasteiger partial charge is 0.226 e. The molecule has 2 aromatic carbocycles. The number of benzene rings is 2. The number of para-hydroxylation sites is 1. The van der Waals surface area contributed by atoms with Gasteiger partial charge in [0.25, 0.3) is 0 Å². The number of carbonyl (C=O) groups is 1. The van der Waals surface area contributed by atoms with E-state index < -0.39 is 5.82 Å². The fraction of sp³-hybridized carbons (Fsp3) is 0.357. The molecule has 0 unspecified atom stereocenters. The van der Waals surface area contributed by atoms with Gasteiger partial charge < -0.3 is 20.0 Å². The Kier molecular flexibility index (Phi) is 9.42. The zero-order chi connectivity index (χ0) is 26.0. The van der Waals surface area contributed by atoms with Crippen molar-refractivity contribution in [3.63, 3.8) is 0 Å². The molecule has 1 amide bonds. The maximum Gasteiger partial charge on any atom is 0.226 e. The first-order valence-electron chi connectivity index (χ1n) is 12.5. The third-order valence-corrected chi connectivity index (χ3v) is 6.19. The van der Waals surface area contributed by atoms with E-state index in [0.29, 0.717) is 55.4 Å². The maximum atomic E-state index is 14.8. The molecule has 3 aromatic rings. The Balaban J connectivity index is 1.27. The van der Waals surface area contributed by atoms with Crippen LogP contribution in [0, 0.1) is 5.82 Å². The van der Waals surface area contributed by atoms with Crippen molar-refractivity contribution in [2.45, 2.75) is 19.9 Å². The molecule has 0 bridgehead atoms. The lowest BCUT2D eigenvalue weighted by atomic mass is 10.1. The Hall–Kier alpha value is -3.53. The minimum atomic E-state index is -0.397. The fourth-order valence-electron chi connectivity index (χ4n) is 4.13. The average Bonchev–Trinajstić information content (AvgIpc) is 2.90. The Morgan fingerprint density at radius 3 is 2.62 bits per heavy atom. The summed E-state index contributed by atoms with van der Waals surface area (Å²) < 4.78 is 26.1. The van der Waals surface area contributed by atoms with E-state index in [1.54, 1.807) is 30.5 Å². The van der Waals surface area contributed by atoms with Crippen LogP contribution < -0.4 is 14.8 Å². The molecule has 0 atom stereocenters. The van der Waals surface area contributed by atoms with Gasteiger partial charge in [-0.1, -0.05) is 24.3 Å². The number of nitrogens with one attached hydrogen (secondary N) is 1. The van der Waals surface area contributed by atoms with Crippen molar-refractivity contribution in [3.05, 3.63) is 77.9 Å². The van der Waals surface area contributed by atoms with Crippen molar-refractivity contribution in [2.24, 2.45) is 0 Å². The highest BCUT2D eigenvalue weighted by atomic mass is 19.1. The SMILES string of the molecule is CCOc1ccccc1CNC(=O)Cc1ccc(-c2ccc(OCCN3CCN(O)CC3)cc2F)cn1. The van der Waals surface area contributed by atoms with Gasteiger partial charge in [-0.25, -0.2) is 4.39 Å². The number of pyridine rings is 1. The van der Waals surface area contributed by atoms with Crippen LogP contribution in [0.5, 0.6) is 11.5 Å². The van der Waals surface area contributed by atoms with Crippen LogP contribution in [0.15, 0.2) is 60.8 Å². The molecule has 0 saturated carbocycles. The Morgan fingerprint density at radius 2 is 1.89 bits per heavy atom. The summed E-state index contributed by atoms with van der Waals surface area (Å²) >= 11 is 0. The molecule has 0 spiro atoms. The van der Waals surface area contributed by atoms with Gasteiger partial charge in [-0.2, -0.15) is 5.06 Å². The van der Waals surface area contributed by atoms with Crippen molar-refractivity contribution in [2.75, 3.05) is 45.9 Å². The zero-order valence-electron chi connectivity index (χ0n) is 21.0. The van der Waals surface area contributed by atoms with Crippen LogP contribution in [-0.2, 0) is 17.8 Å². The summed E-state index contributed by atoms with van der Waals surface area (Å²) in [7, 11) is 0. The number of hydrogen-bond donors (Lipinski definition) is 2. The van der Waals surface area contributed by atoms with E-state index in [9.17, 15) is 14.4 Å². The molecule has 8 nitrogen and oxygen atoms in total. The van der Waals surface area contributed by atoms with Crippen LogP contribution >= 0.6 is 0 Å². The number of ether oxygens (including phenoxy) is 2. The first kappa shape index (κ1) is 26.5. The molecule has 37 heavy (non-hydrogen) atoms. The van der Waals surface area contributed by atoms with Crippen molar-refractivity contribution < 1.29 is 23.9 Å². The van der Waals surface area contributed by atoms with Gasteiger partial charge in [0.2, 0.25) is 5.91 Å². The molecule has 2 heterocycles. The Labute approximate surface area is 216 Å². The molecule has 1 aliphatic rings. The molecule has 9 heteroatoms. The molecular weight excluding hydrogens is 475 g/mol. The predicted molar refractivity (Wildman–Crippen MR) is 138 cm³/mol. The first-order chi connectivity index (χ1) is 18.0. The summed E-state index contributed by atoms with van der Waals surface area (Å²) in [6.45, 7) is 6.79. The molecule has 196 valence electrons. The number of piperazine rings is 1. The van der Waals surface area contributed by atoms with Crippen LogP contribution in [0.4, 0.5) is 4.39 Å². The van der Waals surface area contributed by atoms with E-state index in [-0.39, 0.29) is 12.3 Å². The summed E-state index contributed by atoms with van der Waals surface area (Å²) in [6.07, 6.45) is 1.70. The number of carbonyl (C=O) groups excluding carboxylic acids is 1. The molecule has 4 rings (SSSR count). The zero-order valence-corrected chi connectivity index (χ0v) is 21.0. The fourth-order valence-corrected chi connectivity index (χ4v) is 4.13. The van der Waals surface area contributed by atoms with Crippen molar-refractivity contribution >= 4 is 5.91 Å². The highest BCUT2D eigenvalue weighted by Gasteiger charge is 2.15. The summed E-state index contributed by atoms with van der Waals surface area (Å²) in [5.74, 6) is 0.672. The van der Waals surface area contributed by atoms with Gasteiger partial charge in [0, 0.05) is 73.9 Å². The maximum absolute atomic E-state index is 14.8. The molecule has 1 saturated heterocycles. The molecule has 0 aliphatic carbocycles. The van der Waals surface area contributed by atoms with Crippen LogP contribution in [-0.4, -0.2) is 72.0 Å². The normalized spacial score (nSPS) is 14.4. The minimum absolute atomic E-state index is 0.125. The largest absolute Gasteiger partial charge is 0.494 e. The highest BCUT2D eigenvalue weighted by Crippen LogP contribution is 2.26. The second-order valence-corrected chi connectivity index (χ2v) is 8.82. The summed E-state index contributed by atoms with van der Waals surface area (Å²) in [5, 5.41) is 13.6. The van der Waals surface area contributed by atoms with Crippen LogP contribution in [0.3, 0.4) is 0 Å². The molecule has 1 fully saturated rings. The summed E-state index contributed by atoms with van der Waals surface area (Å²) in [4.78, 5) is 19.0. The first-order valence-corrected chi connectivity index (χ1v) is 12.5. The number of hydroxylamine groups is 2. The van der Waals surface area contributed by atoms with Crippen LogP contribution in [0.2, 0.25) is 0 Å². The third-order valence-electron chi connectivity index (χ3n) is 6.19. The second kappa shape index (κ2) is 13.1. The van der Waals surface area contributed by atoms with Crippen LogP contribution in [0.25, 0.3) is 11.1 Å². The van der Waals surface area contributed by atoms with Gasteiger partial charge in [0.15, 0.2) is 0 Å². The van der Waals surface area contributed by atoms with Gasteiger partial charge in [-0.05, 0) is 31.2 Å². The van der Waals surface area contributed by atoms with E-state index >= 15 is 0 Å². The lowest BCUT2D eigenvalue weighted by Gasteiger charge is -2.30. The molecule has 2 N–H and O–H groups in total. The predicted octanol–water partition coefficient (Wildman–Crippen LogP) is 3.53. The quantitative estimate of drug-likeness (QED) is 0.410.